The van der Waals surface area contributed by atoms with Gasteiger partial charge in [-0.1, -0.05) is 17.7 Å². The van der Waals surface area contributed by atoms with Gasteiger partial charge in [-0.25, -0.2) is 0 Å². The average Bonchev–Trinajstić information content (AvgIpc) is 2.47. The first-order valence-corrected chi connectivity index (χ1v) is 8.31. The zero-order valence-corrected chi connectivity index (χ0v) is 12.9. The normalized spacial score (nSPS) is 17.5. The maximum Gasteiger partial charge on any atom is 0.306 e. The highest BCUT2D eigenvalue weighted by atomic mass is 35.5. The third-order valence-electron chi connectivity index (χ3n) is 3.51. The van der Waals surface area contributed by atoms with Crippen LogP contribution in [0, 0.1) is 5.92 Å². The highest BCUT2D eigenvalue weighted by Crippen LogP contribution is 2.19. The van der Waals surface area contributed by atoms with Crippen LogP contribution in [0.15, 0.2) is 29.2 Å². The molecule has 5 nitrogen and oxygen atoms in total. The summed E-state index contributed by atoms with van der Waals surface area (Å²) >= 11 is 5.83. The van der Waals surface area contributed by atoms with E-state index in [0.717, 1.165) is 0 Å². The molecular weight excluding hydrogens is 314 g/mol. The van der Waals surface area contributed by atoms with E-state index in [-0.39, 0.29) is 17.6 Å². The van der Waals surface area contributed by atoms with Crippen LogP contribution in [0.5, 0.6) is 0 Å². The molecule has 0 aromatic heterocycles. The second-order valence-corrected chi connectivity index (χ2v) is 6.83. The van der Waals surface area contributed by atoms with Gasteiger partial charge in [-0.3, -0.25) is 13.8 Å². The quantitative estimate of drug-likeness (QED) is 0.913. The predicted molar refractivity (Wildman–Crippen MR) is 79.7 cm³/mol. The Hall–Kier alpha value is -1.40. The van der Waals surface area contributed by atoms with Crippen molar-refractivity contribution in [3.05, 3.63) is 29.3 Å². The topological polar surface area (TPSA) is 74.7 Å². The first-order chi connectivity index (χ1) is 9.97. The van der Waals surface area contributed by atoms with Gasteiger partial charge in [0, 0.05) is 23.0 Å². The number of piperidine rings is 1. The molecule has 21 heavy (non-hydrogen) atoms. The van der Waals surface area contributed by atoms with E-state index in [0.29, 0.717) is 35.8 Å². The molecule has 1 fully saturated rings. The fourth-order valence-corrected chi connectivity index (χ4v) is 3.59. The summed E-state index contributed by atoms with van der Waals surface area (Å²) in [5.74, 6) is -1.51. The van der Waals surface area contributed by atoms with E-state index in [1.54, 1.807) is 29.2 Å². The number of carboxylic acid groups (broad SMARTS) is 1. The minimum absolute atomic E-state index is 0.0991. The molecule has 1 aromatic rings. The van der Waals surface area contributed by atoms with Crippen LogP contribution in [0.1, 0.15) is 12.8 Å². The summed E-state index contributed by atoms with van der Waals surface area (Å²) in [6.07, 6.45) is 0.899. The predicted octanol–water partition coefficient (Wildman–Crippen LogP) is 1.77. The molecule has 0 bridgehead atoms. The summed E-state index contributed by atoms with van der Waals surface area (Å²) in [5, 5.41) is 9.40. The maximum atomic E-state index is 12.1. The van der Waals surface area contributed by atoms with Gasteiger partial charge in [0.2, 0.25) is 5.91 Å². The van der Waals surface area contributed by atoms with E-state index in [9.17, 15) is 13.8 Å². The van der Waals surface area contributed by atoms with Crippen LogP contribution in [0.25, 0.3) is 0 Å². The Labute approximate surface area is 130 Å². The number of aliphatic carboxylic acids is 1. The van der Waals surface area contributed by atoms with Crippen LogP contribution in [0.3, 0.4) is 0 Å². The highest BCUT2D eigenvalue weighted by Gasteiger charge is 2.27. The Bertz CT molecular complexity index is 570. The van der Waals surface area contributed by atoms with Crippen molar-refractivity contribution in [3.8, 4) is 0 Å². The van der Waals surface area contributed by atoms with Crippen LogP contribution in [0.2, 0.25) is 5.02 Å². The largest absolute Gasteiger partial charge is 0.481 e. The summed E-state index contributed by atoms with van der Waals surface area (Å²) in [4.78, 5) is 25.1. The summed E-state index contributed by atoms with van der Waals surface area (Å²) in [6, 6.07) is 6.63. The number of carbonyl (C=O) groups excluding carboxylic acids is 1. The number of nitrogens with zero attached hydrogens (tertiary/aromatic N) is 1. The van der Waals surface area contributed by atoms with Gasteiger partial charge in [-0.05, 0) is 31.0 Å². The molecule has 1 aliphatic heterocycles. The van der Waals surface area contributed by atoms with Crippen LogP contribution in [0.4, 0.5) is 0 Å². The molecule has 1 atom stereocenters. The van der Waals surface area contributed by atoms with Crippen LogP contribution < -0.4 is 0 Å². The minimum Gasteiger partial charge on any atom is -0.481 e. The average molecular weight is 330 g/mol. The van der Waals surface area contributed by atoms with Crippen molar-refractivity contribution >= 4 is 34.3 Å². The Morgan fingerprint density at radius 1 is 1.33 bits per heavy atom. The second-order valence-electron chi connectivity index (χ2n) is 4.94. The third kappa shape index (κ3) is 4.28. The summed E-state index contributed by atoms with van der Waals surface area (Å²) < 4.78 is 12.1. The van der Waals surface area contributed by atoms with E-state index in [1.165, 1.54) is 0 Å². The van der Waals surface area contributed by atoms with Gasteiger partial charge in [-0.2, -0.15) is 0 Å². The number of halogens is 1. The van der Waals surface area contributed by atoms with Crippen molar-refractivity contribution in [1.82, 2.24) is 4.90 Å². The molecule has 0 spiro atoms. The van der Waals surface area contributed by atoms with E-state index in [2.05, 4.69) is 0 Å². The lowest BCUT2D eigenvalue weighted by molar-refractivity contribution is -0.145. The molecule has 1 heterocycles. The Kier molecular flexibility index (Phi) is 5.36. The van der Waals surface area contributed by atoms with Gasteiger partial charge in [0.1, 0.15) is 5.75 Å². The van der Waals surface area contributed by atoms with Crippen LogP contribution in [-0.4, -0.2) is 44.9 Å². The second kappa shape index (κ2) is 7.04. The van der Waals surface area contributed by atoms with Crippen molar-refractivity contribution in [2.45, 2.75) is 17.7 Å². The number of amides is 1. The molecule has 1 amide bonds. The van der Waals surface area contributed by atoms with Gasteiger partial charge in [0.15, 0.2) is 0 Å². The van der Waals surface area contributed by atoms with Gasteiger partial charge in [0.05, 0.1) is 16.7 Å². The number of rotatable bonds is 4. The number of likely N-dealkylation sites (tertiary alicyclic amines) is 1. The minimum atomic E-state index is -1.43. The zero-order chi connectivity index (χ0) is 15.4. The highest BCUT2D eigenvalue weighted by molar-refractivity contribution is 7.85. The van der Waals surface area contributed by atoms with Crippen LogP contribution in [-0.2, 0) is 20.4 Å². The molecular formula is C14H16ClNO4S. The molecule has 1 aromatic carbocycles. The number of carbonyl (C=O) groups is 2. The fourth-order valence-electron chi connectivity index (χ4n) is 2.27. The van der Waals surface area contributed by atoms with Gasteiger partial charge in [-0.15, -0.1) is 0 Å². The molecule has 1 aliphatic rings. The number of carboxylic acids is 1. The third-order valence-corrected chi connectivity index (χ3v) is 5.03. The molecule has 114 valence electrons. The number of hydrogen-bond acceptors (Lipinski definition) is 3. The van der Waals surface area contributed by atoms with Crippen molar-refractivity contribution in [1.29, 1.82) is 0 Å². The van der Waals surface area contributed by atoms with Gasteiger partial charge in [0.25, 0.3) is 0 Å². The molecule has 1 unspecified atom stereocenters. The monoisotopic (exact) mass is 329 g/mol. The maximum absolute atomic E-state index is 12.1. The molecule has 2 rings (SSSR count). The van der Waals surface area contributed by atoms with E-state index in [4.69, 9.17) is 16.7 Å². The number of benzene rings is 1. The van der Waals surface area contributed by atoms with Crippen molar-refractivity contribution < 1.29 is 18.9 Å². The van der Waals surface area contributed by atoms with Gasteiger partial charge >= 0.3 is 5.97 Å². The first kappa shape index (κ1) is 16.0. The molecule has 7 heteroatoms. The number of hydrogen-bond donors (Lipinski definition) is 1. The Morgan fingerprint density at radius 2 is 2.00 bits per heavy atom. The lowest BCUT2D eigenvalue weighted by Crippen LogP contribution is -2.42. The Balaban J connectivity index is 1.90. The SMILES string of the molecule is O=C(O)C1CCN(C(=O)CS(=O)c2cccc(Cl)c2)CC1. The lowest BCUT2D eigenvalue weighted by atomic mass is 9.97. The first-order valence-electron chi connectivity index (χ1n) is 6.62. The Morgan fingerprint density at radius 3 is 2.57 bits per heavy atom. The van der Waals surface area contributed by atoms with E-state index < -0.39 is 16.8 Å². The summed E-state index contributed by atoms with van der Waals surface area (Å²) in [6.45, 7) is 0.811. The van der Waals surface area contributed by atoms with Crippen molar-refractivity contribution in [2.75, 3.05) is 18.8 Å². The fraction of sp³-hybridized carbons (Fsp3) is 0.429. The summed E-state index contributed by atoms with van der Waals surface area (Å²) in [5.41, 5.74) is 0. The lowest BCUT2D eigenvalue weighted by Gasteiger charge is -2.30. The zero-order valence-electron chi connectivity index (χ0n) is 11.3. The molecule has 0 aliphatic carbocycles. The smallest absolute Gasteiger partial charge is 0.306 e. The van der Waals surface area contributed by atoms with Crippen molar-refractivity contribution in [2.24, 2.45) is 5.92 Å². The molecule has 1 N–H and O–H groups in total. The van der Waals surface area contributed by atoms with Gasteiger partial charge < -0.3 is 10.0 Å². The standard InChI is InChI=1S/C14H16ClNO4S/c15-11-2-1-3-12(8-11)21(20)9-13(17)16-6-4-10(5-7-16)14(18)19/h1-3,8,10H,4-7,9H2,(H,18,19). The van der Waals surface area contributed by atoms with E-state index >= 15 is 0 Å². The molecule has 1 saturated heterocycles. The van der Waals surface area contributed by atoms with E-state index in [1.807, 2.05) is 0 Å². The molecule has 0 saturated carbocycles. The van der Waals surface area contributed by atoms with Crippen LogP contribution >= 0.6 is 11.6 Å². The molecule has 0 radical (unpaired) electrons. The summed E-state index contributed by atoms with van der Waals surface area (Å²) in [7, 11) is -1.43. The van der Waals surface area contributed by atoms with Crippen molar-refractivity contribution in [3.63, 3.8) is 0 Å².